The van der Waals surface area contributed by atoms with Crippen LogP contribution in [0.15, 0.2) is 77.4 Å². The Labute approximate surface area is 178 Å². The normalized spacial score (nSPS) is 11.7. The van der Waals surface area contributed by atoms with Gasteiger partial charge >= 0.3 is 5.97 Å². The molecule has 0 radical (unpaired) electrons. The van der Waals surface area contributed by atoms with Crippen LogP contribution in [0.25, 0.3) is 22.4 Å². The summed E-state index contributed by atoms with van der Waals surface area (Å²) in [7, 11) is 2.85. The molecule has 7 nitrogen and oxygen atoms in total. The Kier molecular flexibility index (Phi) is 5.66. The molecule has 0 saturated carbocycles. The maximum Gasteiger partial charge on any atom is 0.333 e. The van der Waals surface area contributed by atoms with Crippen molar-refractivity contribution in [2.24, 2.45) is 0 Å². The fourth-order valence-electron chi connectivity index (χ4n) is 3.32. The average Bonchev–Trinajstić information content (AvgIpc) is 3.36. The first-order chi connectivity index (χ1) is 15.1. The lowest BCUT2D eigenvalue weighted by molar-refractivity contribution is -0.143. The third-order valence-corrected chi connectivity index (χ3v) is 4.88. The molecule has 1 unspecified atom stereocenters. The van der Waals surface area contributed by atoms with E-state index in [0.29, 0.717) is 39.2 Å². The van der Waals surface area contributed by atoms with Gasteiger partial charge in [-0.05, 0) is 35.9 Å². The highest BCUT2D eigenvalue weighted by Gasteiger charge is 2.25. The summed E-state index contributed by atoms with van der Waals surface area (Å²) in [6.07, 6.45) is 1.54. The molecule has 7 heteroatoms. The van der Waals surface area contributed by atoms with Crippen LogP contribution in [0, 0.1) is 0 Å². The second kappa shape index (κ2) is 8.71. The van der Waals surface area contributed by atoms with Crippen LogP contribution in [-0.2, 0) is 9.53 Å². The minimum absolute atomic E-state index is 0.351. The monoisotopic (exact) mass is 416 g/mol. The fraction of sp³-hybridized carbons (Fsp3) is 0.125. The van der Waals surface area contributed by atoms with Crippen LogP contribution < -0.4 is 10.1 Å². The molecule has 4 aromatic rings. The molecule has 1 amide bonds. The second-order valence-corrected chi connectivity index (χ2v) is 6.76. The summed E-state index contributed by atoms with van der Waals surface area (Å²) in [5, 5.41) is 3.41. The van der Waals surface area contributed by atoms with Gasteiger partial charge in [-0.15, -0.1) is 0 Å². The van der Waals surface area contributed by atoms with Crippen molar-refractivity contribution in [2.45, 2.75) is 6.04 Å². The predicted molar refractivity (Wildman–Crippen MR) is 115 cm³/mol. The molecule has 2 aromatic carbocycles. The van der Waals surface area contributed by atoms with E-state index in [-0.39, 0.29) is 0 Å². The van der Waals surface area contributed by atoms with Crippen LogP contribution in [-0.4, -0.2) is 31.1 Å². The van der Waals surface area contributed by atoms with Gasteiger partial charge in [0, 0.05) is 11.5 Å². The molecular formula is C24H20N2O5. The number of nitrogens with zero attached hydrogens (tertiary/aromatic N) is 1. The molecule has 2 heterocycles. The van der Waals surface area contributed by atoms with Crippen molar-refractivity contribution in [2.75, 3.05) is 14.2 Å². The highest BCUT2D eigenvalue weighted by Crippen LogP contribution is 2.28. The third kappa shape index (κ3) is 4.11. The van der Waals surface area contributed by atoms with Crippen molar-refractivity contribution in [3.63, 3.8) is 0 Å². The Morgan fingerprint density at radius 3 is 2.48 bits per heavy atom. The van der Waals surface area contributed by atoms with Crippen LogP contribution in [0.4, 0.5) is 0 Å². The van der Waals surface area contributed by atoms with E-state index in [1.165, 1.54) is 13.4 Å². The van der Waals surface area contributed by atoms with Gasteiger partial charge in [-0.3, -0.25) is 4.79 Å². The standard InChI is InChI=1S/C24H20N2O5/c1-29-16-10-11-17-18(14-20(25-19(17)13-16)21-9-6-12-31-21)23(27)26-22(24(28)30-2)15-7-4-3-5-8-15/h3-14,22H,1-2H3,(H,26,27). The van der Waals surface area contributed by atoms with E-state index in [0.717, 1.165) is 0 Å². The lowest BCUT2D eigenvalue weighted by atomic mass is 10.0. The number of furan rings is 1. The SMILES string of the molecule is COC(=O)C(NC(=O)c1cc(-c2ccco2)nc2cc(OC)ccc12)c1ccccc1. The van der Waals surface area contributed by atoms with Crippen LogP contribution in [0.3, 0.4) is 0 Å². The van der Waals surface area contributed by atoms with Crippen molar-refractivity contribution < 1.29 is 23.5 Å². The largest absolute Gasteiger partial charge is 0.497 e. The maximum atomic E-state index is 13.3. The number of ether oxygens (including phenoxy) is 2. The topological polar surface area (TPSA) is 90.7 Å². The van der Waals surface area contributed by atoms with Crippen molar-refractivity contribution >= 4 is 22.8 Å². The lowest BCUT2D eigenvalue weighted by Crippen LogP contribution is -2.34. The number of benzene rings is 2. The highest BCUT2D eigenvalue weighted by molar-refractivity contribution is 6.08. The minimum Gasteiger partial charge on any atom is -0.497 e. The summed E-state index contributed by atoms with van der Waals surface area (Å²) >= 11 is 0. The molecule has 0 bridgehead atoms. The summed E-state index contributed by atoms with van der Waals surface area (Å²) in [6, 6.07) is 18.4. The number of hydrogen-bond acceptors (Lipinski definition) is 6. The van der Waals surface area contributed by atoms with Crippen molar-refractivity contribution in [3.05, 3.63) is 84.1 Å². The molecule has 31 heavy (non-hydrogen) atoms. The van der Waals surface area contributed by atoms with Gasteiger partial charge < -0.3 is 19.2 Å². The zero-order valence-corrected chi connectivity index (χ0v) is 17.0. The van der Waals surface area contributed by atoms with Gasteiger partial charge in [0.15, 0.2) is 11.8 Å². The molecule has 4 rings (SSSR count). The number of carbonyl (C=O) groups excluding carboxylic acids is 2. The Morgan fingerprint density at radius 2 is 1.81 bits per heavy atom. The highest BCUT2D eigenvalue weighted by atomic mass is 16.5. The number of methoxy groups -OCH3 is 2. The zero-order chi connectivity index (χ0) is 21.8. The average molecular weight is 416 g/mol. The summed E-state index contributed by atoms with van der Waals surface area (Å²) in [6.45, 7) is 0. The van der Waals surface area contributed by atoms with Gasteiger partial charge in [-0.25, -0.2) is 9.78 Å². The number of pyridine rings is 1. The van der Waals surface area contributed by atoms with Gasteiger partial charge in [-0.1, -0.05) is 30.3 Å². The van der Waals surface area contributed by atoms with E-state index in [9.17, 15) is 9.59 Å². The van der Waals surface area contributed by atoms with Crippen molar-refractivity contribution in [1.29, 1.82) is 0 Å². The fourth-order valence-corrected chi connectivity index (χ4v) is 3.32. The van der Waals surface area contributed by atoms with Crippen LogP contribution in [0.2, 0.25) is 0 Å². The Morgan fingerprint density at radius 1 is 1.00 bits per heavy atom. The molecule has 156 valence electrons. The molecular weight excluding hydrogens is 396 g/mol. The van der Waals surface area contributed by atoms with E-state index in [4.69, 9.17) is 13.9 Å². The van der Waals surface area contributed by atoms with Gasteiger partial charge in [-0.2, -0.15) is 0 Å². The number of esters is 1. The van der Waals surface area contributed by atoms with Crippen LogP contribution >= 0.6 is 0 Å². The van der Waals surface area contributed by atoms with Gasteiger partial charge in [0.1, 0.15) is 11.4 Å². The summed E-state index contributed by atoms with van der Waals surface area (Å²) in [4.78, 5) is 30.3. The van der Waals surface area contributed by atoms with Crippen molar-refractivity contribution in [1.82, 2.24) is 10.3 Å². The number of nitrogens with one attached hydrogen (secondary N) is 1. The van der Waals surface area contributed by atoms with Gasteiger partial charge in [0.2, 0.25) is 0 Å². The van der Waals surface area contributed by atoms with Crippen LogP contribution in [0.1, 0.15) is 22.0 Å². The lowest BCUT2D eigenvalue weighted by Gasteiger charge is -2.18. The number of carbonyl (C=O) groups is 2. The van der Waals surface area contributed by atoms with E-state index >= 15 is 0 Å². The minimum atomic E-state index is -0.952. The Balaban J connectivity index is 1.79. The molecule has 0 aliphatic rings. The molecule has 1 N–H and O–H groups in total. The quantitative estimate of drug-likeness (QED) is 0.475. The second-order valence-electron chi connectivity index (χ2n) is 6.76. The maximum absolute atomic E-state index is 13.3. The Bertz CT molecular complexity index is 1220. The molecule has 0 aliphatic heterocycles. The van der Waals surface area contributed by atoms with E-state index in [1.807, 2.05) is 6.07 Å². The number of hydrogen-bond donors (Lipinski definition) is 1. The first-order valence-electron chi connectivity index (χ1n) is 9.57. The molecule has 2 aromatic heterocycles. The number of fused-ring (bicyclic) bond motifs is 1. The number of rotatable bonds is 6. The molecule has 0 spiro atoms. The molecule has 1 atom stereocenters. The summed E-state index contributed by atoms with van der Waals surface area (Å²) in [5.41, 5.74) is 2.02. The third-order valence-electron chi connectivity index (χ3n) is 4.88. The van der Waals surface area contributed by atoms with Gasteiger partial charge in [0.05, 0.1) is 31.6 Å². The molecule has 0 aliphatic carbocycles. The number of amides is 1. The summed E-state index contributed by atoms with van der Waals surface area (Å²) < 4.78 is 15.7. The van der Waals surface area contributed by atoms with E-state index < -0.39 is 17.9 Å². The predicted octanol–water partition coefficient (Wildman–Crippen LogP) is 4.15. The zero-order valence-electron chi connectivity index (χ0n) is 17.0. The first kappa shape index (κ1) is 20.2. The molecule has 0 saturated heterocycles. The molecule has 0 fully saturated rings. The Hall–Kier alpha value is -4.13. The van der Waals surface area contributed by atoms with Gasteiger partial charge in [0.25, 0.3) is 5.91 Å². The smallest absolute Gasteiger partial charge is 0.333 e. The first-order valence-corrected chi connectivity index (χ1v) is 9.57. The van der Waals surface area contributed by atoms with Crippen LogP contribution in [0.5, 0.6) is 5.75 Å². The van der Waals surface area contributed by atoms with E-state index in [1.54, 1.807) is 67.8 Å². The van der Waals surface area contributed by atoms with E-state index in [2.05, 4.69) is 10.3 Å². The number of aromatic nitrogens is 1. The summed E-state index contributed by atoms with van der Waals surface area (Å²) in [5.74, 6) is 0.126. The van der Waals surface area contributed by atoms with Crippen molar-refractivity contribution in [3.8, 4) is 17.2 Å².